The molecule has 20 heavy (non-hydrogen) atoms. The SMILES string of the molecule is C=C(C)c1cc(I)c(I)c(OCC(F)(F)S(=O)(=O)O)c1. The van der Waals surface area contributed by atoms with Gasteiger partial charge in [0.2, 0.25) is 0 Å². The summed E-state index contributed by atoms with van der Waals surface area (Å²) < 4.78 is 61.9. The molecule has 0 atom stereocenters. The van der Waals surface area contributed by atoms with Gasteiger partial charge in [-0.25, -0.2) is 0 Å². The third-order valence-electron chi connectivity index (χ3n) is 2.26. The van der Waals surface area contributed by atoms with Gasteiger partial charge in [0.1, 0.15) is 5.75 Å². The van der Waals surface area contributed by atoms with E-state index in [-0.39, 0.29) is 5.75 Å². The van der Waals surface area contributed by atoms with E-state index < -0.39 is 22.0 Å². The molecule has 1 rings (SSSR count). The Labute approximate surface area is 142 Å². The van der Waals surface area contributed by atoms with Crippen LogP contribution in [0.15, 0.2) is 18.7 Å². The Morgan fingerprint density at radius 1 is 1.45 bits per heavy atom. The molecule has 1 aromatic rings. The van der Waals surface area contributed by atoms with Gasteiger partial charge in [-0.05, 0) is 69.8 Å². The van der Waals surface area contributed by atoms with Crippen LogP contribution in [-0.2, 0) is 10.1 Å². The summed E-state index contributed by atoms with van der Waals surface area (Å²) in [4.78, 5) is 0. The Hall–Kier alpha value is -0.0100. The normalized spacial score (nSPS) is 12.3. The van der Waals surface area contributed by atoms with Gasteiger partial charge in [0.05, 0.1) is 3.57 Å². The number of rotatable bonds is 5. The molecule has 0 saturated heterocycles. The van der Waals surface area contributed by atoms with Crippen molar-refractivity contribution in [2.75, 3.05) is 6.61 Å². The monoisotopic (exact) mass is 530 g/mol. The van der Waals surface area contributed by atoms with Crippen LogP contribution in [0.3, 0.4) is 0 Å². The van der Waals surface area contributed by atoms with Crippen LogP contribution < -0.4 is 4.74 Å². The van der Waals surface area contributed by atoms with Crippen LogP contribution in [0.5, 0.6) is 5.75 Å². The zero-order valence-corrected chi connectivity index (χ0v) is 15.3. The summed E-state index contributed by atoms with van der Waals surface area (Å²) in [5, 5.41) is -4.36. The lowest BCUT2D eigenvalue weighted by Gasteiger charge is -2.16. The highest BCUT2D eigenvalue weighted by molar-refractivity contribution is 14.1. The van der Waals surface area contributed by atoms with Gasteiger partial charge in [0.25, 0.3) is 0 Å². The number of allylic oxidation sites excluding steroid dienone is 1. The number of benzene rings is 1. The summed E-state index contributed by atoms with van der Waals surface area (Å²) in [6.07, 6.45) is 0. The highest BCUT2D eigenvalue weighted by Gasteiger charge is 2.45. The molecule has 0 radical (unpaired) electrons. The molecule has 0 saturated carbocycles. The second kappa shape index (κ2) is 6.40. The van der Waals surface area contributed by atoms with Crippen LogP contribution in [-0.4, -0.2) is 24.8 Å². The van der Waals surface area contributed by atoms with Crippen molar-refractivity contribution in [2.24, 2.45) is 0 Å². The van der Waals surface area contributed by atoms with E-state index in [1.807, 2.05) is 45.2 Å². The van der Waals surface area contributed by atoms with Crippen molar-refractivity contribution >= 4 is 60.9 Å². The van der Waals surface area contributed by atoms with E-state index in [2.05, 4.69) is 6.58 Å². The average molecular weight is 530 g/mol. The summed E-state index contributed by atoms with van der Waals surface area (Å²) in [5.41, 5.74) is 1.41. The molecule has 0 bridgehead atoms. The molecule has 0 heterocycles. The predicted octanol–water partition coefficient (Wildman–Crippen LogP) is 3.79. The highest BCUT2D eigenvalue weighted by atomic mass is 127. The first-order chi connectivity index (χ1) is 8.95. The molecule has 0 aromatic heterocycles. The second-order valence-electron chi connectivity index (χ2n) is 3.95. The van der Waals surface area contributed by atoms with Crippen molar-refractivity contribution in [1.82, 2.24) is 0 Å². The van der Waals surface area contributed by atoms with Crippen LogP contribution in [0, 0.1) is 7.14 Å². The van der Waals surface area contributed by atoms with Gasteiger partial charge in [-0.1, -0.05) is 12.2 Å². The van der Waals surface area contributed by atoms with Crippen LogP contribution in [0.25, 0.3) is 5.57 Å². The molecule has 0 aliphatic heterocycles. The fourth-order valence-electron chi connectivity index (χ4n) is 1.15. The van der Waals surface area contributed by atoms with Crippen LogP contribution in [0.1, 0.15) is 12.5 Å². The highest BCUT2D eigenvalue weighted by Crippen LogP contribution is 2.31. The lowest BCUT2D eigenvalue weighted by Crippen LogP contribution is -2.35. The van der Waals surface area contributed by atoms with Crippen molar-refractivity contribution in [3.8, 4) is 5.75 Å². The maximum absolute atomic E-state index is 13.1. The largest absolute Gasteiger partial charge is 0.485 e. The van der Waals surface area contributed by atoms with E-state index >= 15 is 0 Å². The van der Waals surface area contributed by atoms with Gasteiger partial charge in [-0.3, -0.25) is 4.55 Å². The molecule has 0 aliphatic rings. The summed E-state index contributed by atoms with van der Waals surface area (Å²) in [7, 11) is -5.50. The zero-order chi connectivity index (χ0) is 15.7. The molecule has 0 aliphatic carbocycles. The van der Waals surface area contributed by atoms with E-state index in [4.69, 9.17) is 9.29 Å². The quantitative estimate of drug-likeness (QED) is 0.466. The Morgan fingerprint density at radius 3 is 2.45 bits per heavy atom. The minimum atomic E-state index is -5.50. The van der Waals surface area contributed by atoms with Gasteiger partial charge in [-0.2, -0.15) is 17.2 Å². The number of halogens is 4. The molecule has 1 N–H and O–H groups in total. The van der Waals surface area contributed by atoms with Crippen LogP contribution in [0.4, 0.5) is 8.78 Å². The third kappa shape index (κ3) is 4.24. The number of hydrogen-bond acceptors (Lipinski definition) is 3. The summed E-state index contributed by atoms with van der Waals surface area (Å²) in [6.45, 7) is 4.02. The fourth-order valence-corrected chi connectivity index (χ4v) is 2.43. The molecule has 112 valence electrons. The Bertz CT molecular complexity index is 644. The van der Waals surface area contributed by atoms with E-state index in [1.54, 1.807) is 13.0 Å². The first-order valence-electron chi connectivity index (χ1n) is 5.08. The number of hydrogen-bond donors (Lipinski definition) is 1. The molecule has 9 heteroatoms. The van der Waals surface area contributed by atoms with Crippen LogP contribution in [0.2, 0.25) is 0 Å². The van der Waals surface area contributed by atoms with Crippen molar-refractivity contribution in [2.45, 2.75) is 12.2 Å². The standard InChI is InChI=1S/C11H10F2I2O4S/c1-6(2)7-3-8(14)10(15)9(4-7)19-5-11(12,13)20(16,17)18/h3-4H,1,5H2,2H3,(H,16,17,18). The van der Waals surface area contributed by atoms with E-state index in [9.17, 15) is 17.2 Å². The Kier molecular flexibility index (Phi) is 5.77. The number of alkyl halides is 2. The van der Waals surface area contributed by atoms with Gasteiger partial charge < -0.3 is 4.74 Å². The van der Waals surface area contributed by atoms with Gasteiger partial charge in [0.15, 0.2) is 6.61 Å². The molecule has 4 nitrogen and oxygen atoms in total. The summed E-state index contributed by atoms with van der Waals surface area (Å²) in [5.74, 6) is 0.110. The smallest absolute Gasteiger partial charge is 0.402 e. The molecule has 0 fully saturated rings. The van der Waals surface area contributed by atoms with E-state index in [0.29, 0.717) is 14.7 Å². The van der Waals surface area contributed by atoms with E-state index in [0.717, 1.165) is 3.57 Å². The fraction of sp³-hybridized carbons (Fsp3) is 0.273. The molecular weight excluding hydrogens is 520 g/mol. The third-order valence-corrected chi connectivity index (χ3v) is 6.13. The van der Waals surface area contributed by atoms with Crippen molar-refractivity contribution in [1.29, 1.82) is 0 Å². The van der Waals surface area contributed by atoms with Crippen molar-refractivity contribution < 1.29 is 26.5 Å². The van der Waals surface area contributed by atoms with Gasteiger partial charge in [-0.15, -0.1) is 0 Å². The maximum atomic E-state index is 13.1. The minimum Gasteiger partial charge on any atom is -0.485 e. The van der Waals surface area contributed by atoms with Crippen molar-refractivity contribution in [3.63, 3.8) is 0 Å². The Morgan fingerprint density at radius 2 is 2.00 bits per heavy atom. The molecule has 0 spiro atoms. The van der Waals surface area contributed by atoms with Gasteiger partial charge in [0, 0.05) is 3.57 Å². The molecule has 0 unspecified atom stereocenters. The minimum absolute atomic E-state index is 0.110. The molecule has 0 amide bonds. The van der Waals surface area contributed by atoms with Crippen LogP contribution >= 0.6 is 45.2 Å². The summed E-state index contributed by atoms with van der Waals surface area (Å²) >= 11 is 3.90. The van der Waals surface area contributed by atoms with E-state index in [1.165, 1.54) is 6.07 Å². The van der Waals surface area contributed by atoms with Crippen molar-refractivity contribution in [3.05, 3.63) is 31.4 Å². The lowest BCUT2D eigenvalue weighted by molar-refractivity contribution is 0.0285. The zero-order valence-electron chi connectivity index (χ0n) is 10.2. The second-order valence-corrected chi connectivity index (χ2v) is 7.74. The first-order valence-corrected chi connectivity index (χ1v) is 8.68. The molecule has 1 aromatic carbocycles. The molecular formula is C11H10F2I2O4S. The average Bonchev–Trinajstić information content (AvgIpc) is 2.29. The lowest BCUT2D eigenvalue weighted by atomic mass is 10.1. The number of ether oxygens (including phenoxy) is 1. The van der Waals surface area contributed by atoms with Gasteiger partial charge >= 0.3 is 15.4 Å². The summed E-state index contributed by atoms with van der Waals surface area (Å²) in [6, 6.07) is 3.30. The predicted molar refractivity (Wildman–Crippen MR) is 88.6 cm³/mol. The maximum Gasteiger partial charge on any atom is 0.402 e. The first kappa shape index (κ1) is 18.0. The Balaban J connectivity index is 3.08. The topological polar surface area (TPSA) is 63.6 Å².